The minimum absolute atomic E-state index is 0.0632. The van der Waals surface area contributed by atoms with Gasteiger partial charge in [0.2, 0.25) is 0 Å². The number of benzene rings is 1. The smallest absolute Gasteiger partial charge is 0.312 e. The van der Waals surface area contributed by atoms with Crippen LogP contribution in [0.4, 0.5) is 5.69 Å². The highest BCUT2D eigenvalue weighted by molar-refractivity contribution is 5.82. The molecule has 0 saturated carbocycles. The number of nitro benzene ring substituents is 1. The van der Waals surface area contributed by atoms with E-state index in [1.54, 1.807) is 0 Å². The van der Waals surface area contributed by atoms with Gasteiger partial charge in [-0.25, -0.2) is 0 Å². The van der Waals surface area contributed by atoms with Gasteiger partial charge < -0.3 is 9.84 Å². The van der Waals surface area contributed by atoms with Crippen LogP contribution >= 0.6 is 0 Å². The van der Waals surface area contributed by atoms with Crippen molar-refractivity contribution in [2.24, 2.45) is 5.41 Å². The van der Waals surface area contributed by atoms with Gasteiger partial charge in [-0.05, 0) is 18.9 Å². The number of ether oxygens (including phenoxy) is 1. The number of hydrogen-bond acceptors (Lipinski definition) is 5. The van der Waals surface area contributed by atoms with Gasteiger partial charge in [0.05, 0.1) is 23.9 Å². The van der Waals surface area contributed by atoms with Gasteiger partial charge in [0.15, 0.2) is 0 Å². The third-order valence-electron chi connectivity index (χ3n) is 2.96. The highest BCUT2D eigenvalue weighted by Crippen LogP contribution is 2.29. The molecule has 0 aliphatic carbocycles. The standard InChI is InChI=1S/C13H15NO6/c1-13(8-11(15)16,12(17)20-2)7-9-3-5-10(6-4-9)14(18)19/h3-6H,7-8H2,1-2H3,(H,15,16). The van der Waals surface area contributed by atoms with Gasteiger partial charge in [0, 0.05) is 12.1 Å². The Morgan fingerprint density at radius 3 is 2.30 bits per heavy atom. The molecular weight excluding hydrogens is 266 g/mol. The van der Waals surface area contributed by atoms with Crippen LogP contribution in [0.1, 0.15) is 18.9 Å². The van der Waals surface area contributed by atoms with Crippen LogP contribution in [0.15, 0.2) is 24.3 Å². The summed E-state index contributed by atoms with van der Waals surface area (Å²) < 4.78 is 4.64. The molecule has 0 aliphatic rings. The van der Waals surface area contributed by atoms with Crippen molar-refractivity contribution in [3.63, 3.8) is 0 Å². The molecule has 0 amide bonds. The first-order valence-electron chi connectivity index (χ1n) is 5.82. The predicted molar refractivity (Wildman–Crippen MR) is 69.2 cm³/mol. The SMILES string of the molecule is COC(=O)C(C)(CC(=O)O)Cc1ccc([N+](=O)[O-])cc1. The highest BCUT2D eigenvalue weighted by atomic mass is 16.6. The molecule has 0 radical (unpaired) electrons. The second-order valence-electron chi connectivity index (χ2n) is 4.72. The quantitative estimate of drug-likeness (QED) is 0.484. The Balaban J connectivity index is 2.97. The van der Waals surface area contributed by atoms with E-state index in [1.165, 1.54) is 38.3 Å². The summed E-state index contributed by atoms with van der Waals surface area (Å²) in [6, 6.07) is 5.63. The van der Waals surface area contributed by atoms with Gasteiger partial charge in [-0.15, -0.1) is 0 Å². The first-order chi connectivity index (χ1) is 9.28. The van der Waals surface area contributed by atoms with Crippen molar-refractivity contribution >= 4 is 17.6 Å². The molecule has 1 N–H and O–H groups in total. The number of carboxylic acids is 1. The number of aliphatic carboxylic acids is 1. The zero-order valence-corrected chi connectivity index (χ0v) is 11.2. The van der Waals surface area contributed by atoms with Crippen LogP contribution in [-0.4, -0.2) is 29.1 Å². The Morgan fingerprint density at radius 2 is 1.90 bits per heavy atom. The van der Waals surface area contributed by atoms with E-state index in [0.29, 0.717) is 5.56 Å². The first-order valence-corrected chi connectivity index (χ1v) is 5.82. The van der Waals surface area contributed by atoms with Crippen LogP contribution in [0.25, 0.3) is 0 Å². The van der Waals surface area contributed by atoms with E-state index in [0.717, 1.165) is 0 Å². The molecule has 108 valence electrons. The third kappa shape index (κ3) is 3.78. The van der Waals surface area contributed by atoms with E-state index in [-0.39, 0.29) is 18.5 Å². The molecule has 1 aromatic carbocycles. The average Bonchev–Trinajstić information content (AvgIpc) is 2.37. The number of carboxylic acid groups (broad SMARTS) is 1. The zero-order chi connectivity index (χ0) is 15.3. The molecular formula is C13H15NO6. The van der Waals surface area contributed by atoms with Crippen molar-refractivity contribution in [3.8, 4) is 0 Å². The fraction of sp³-hybridized carbons (Fsp3) is 0.385. The Kier molecular flexibility index (Phi) is 4.79. The Morgan fingerprint density at radius 1 is 1.35 bits per heavy atom. The van der Waals surface area contributed by atoms with Gasteiger partial charge >= 0.3 is 11.9 Å². The molecule has 1 unspecified atom stereocenters. The summed E-state index contributed by atoms with van der Waals surface area (Å²) in [4.78, 5) is 32.7. The summed E-state index contributed by atoms with van der Waals surface area (Å²) in [5.74, 6) is -1.74. The lowest BCUT2D eigenvalue weighted by Gasteiger charge is -2.24. The van der Waals surface area contributed by atoms with Crippen LogP contribution in [0, 0.1) is 15.5 Å². The summed E-state index contributed by atoms with van der Waals surface area (Å²) in [6.45, 7) is 1.49. The van der Waals surface area contributed by atoms with Crippen LogP contribution in [0.2, 0.25) is 0 Å². The van der Waals surface area contributed by atoms with Crippen LogP contribution in [-0.2, 0) is 20.7 Å². The number of hydrogen-bond donors (Lipinski definition) is 1. The topological polar surface area (TPSA) is 107 Å². The van der Waals surface area contributed by atoms with Crippen LogP contribution in [0.5, 0.6) is 0 Å². The predicted octanol–water partition coefficient (Wildman–Crippen LogP) is 1.79. The van der Waals surface area contributed by atoms with E-state index in [2.05, 4.69) is 4.74 Å². The lowest BCUT2D eigenvalue weighted by atomic mass is 9.80. The molecule has 0 fully saturated rings. The monoisotopic (exact) mass is 281 g/mol. The molecule has 20 heavy (non-hydrogen) atoms. The molecule has 0 aliphatic heterocycles. The molecule has 1 atom stereocenters. The summed E-state index contributed by atoms with van der Waals surface area (Å²) in [6.07, 6.45) is -0.249. The fourth-order valence-corrected chi connectivity index (χ4v) is 1.97. The molecule has 0 aromatic heterocycles. The summed E-state index contributed by atoms with van der Waals surface area (Å²) >= 11 is 0. The van der Waals surface area contributed by atoms with E-state index >= 15 is 0 Å². The number of rotatable bonds is 6. The summed E-state index contributed by atoms with van der Waals surface area (Å²) in [7, 11) is 1.19. The lowest BCUT2D eigenvalue weighted by Crippen LogP contribution is -2.34. The second kappa shape index (κ2) is 6.14. The Labute approximate surface area is 115 Å². The van der Waals surface area contributed by atoms with Gasteiger partial charge in [0.25, 0.3) is 5.69 Å². The van der Waals surface area contributed by atoms with Gasteiger partial charge in [0.1, 0.15) is 0 Å². The maximum absolute atomic E-state index is 11.8. The minimum Gasteiger partial charge on any atom is -0.481 e. The van der Waals surface area contributed by atoms with Gasteiger partial charge in [-0.1, -0.05) is 12.1 Å². The molecule has 1 aromatic rings. The molecule has 7 nitrogen and oxygen atoms in total. The van der Waals surface area contributed by atoms with Crippen molar-refractivity contribution in [3.05, 3.63) is 39.9 Å². The van der Waals surface area contributed by atoms with Gasteiger partial charge in [-0.2, -0.15) is 0 Å². The van der Waals surface area contributed by atoms with Crippen LogP contribution in [0.3, 0.4) is 0 Å². The normalized spacial score (nSPS) is 13.3. The molecule has 7 heteroatoms. The summed E-state index contributed by atoms with van der Waals surface area (Å²) in [5, 5.41) is 19.4. The number of esters is 1. The van der Waals surface area contributed by atoms with E-state index in [9.17, 15) is 19.7 Å². The molecule has 0 bridgehead atoms. The fourth-order valence-electron chi connectivity index (χ4n) is 1.97. The number of nitro groups is 1. The summed E-state index contributed by atoms with van der Waals surface area (Å²) in [5.41, 5.74) is -0.645. The third-order valence-corrected chi connectivity index (χ3v) is 2.96. The van der Waals surface area contributed by atoms with E-state index in [1.807, 2.05) is 0 Å². The van der Waals surface area contributed by atoms with Crippen molar-refractivity contribution in [1.29, 1.82) is 0 Å². The maximum Gasteiger partial charge on any atom is 0.312 e. The highest BCUT2D eigenvalue weighted by Gasteiger charge is 2.37. The van der Waals surface area contributed by atoms with Crippen molar-refractivity contribution in [2.45, 2.75) is 19.8 Å². The number of methoxy groups -OCH3 is 1. The van der Waals surface area contributed by atoms with E-state index in [4.69, 9.17) is 5.11 Å². The molecule has 1 rings (SSSR count). The van der Waals surface area contributed by atoms with Crippen molar-refractivity contribution in [2.75, 3.05) is 7.11 Å². The maximum atomic E-state index is 11.8. The Hall–Kier alpha value is -2.44. The number of nitrogens with zero attached hydrogens (tertiary/aromatic N) is 1. The molecule has 0 spiro atoms. The minimum atomic E-state index is -1.21. The lowest BCUT2D eigenvalue weighted by molar-refractivity contribution is -0.384. The van der Waals surface area contributed by atoms with Crippen molar-refractivity contribution in [1.82, 2.24) is 0 Å². The average molecular weight is 281 g/mol. The Bertz CT molecular complexity index is 524. The molecule has 0 heterocycles. The number of carbonyl (C=O) groups is 2. The second-order valence-corrected chi connectivity index (χ2v) is 4.72. The number of carbonyl (C=O) groups excluding carboxylic acids is 1. The molecule has 0 saturated heterocycles. The largest absolute Gasteiger partial charge is 0.481 e. The van der Waals surface area contributed by atoms with Crippen molar-refractivity contribution < 1.29 is 24.4 Å². The van der Waals surface area contributed by atoms with E-state index < -0.39 is 22.3 Å². The first kappa shape index (κ1) is 15.6. The van der Waals surface area contributed by atoms with Gasteiger partial charge in [-0.3, -0.25) is 19.7 Å². The zero-order valence-electron chi connectivity index (χ0n) is 11.2. The van der Waals surface area contributed by atoms with Crippen LogP contribution < -0.4 is 0 Å². The number of non-ortho nitro benzene ring substituents is 1.